The molecular formula is C30H37Cl2N3O2S. The molecule has 8 heteroatoms. The number of benzene rings is 2. The largest absolute Gasteiger partial charge is 0.355 e. The second kappa shape index (κ2) is 13.2. The van der Waals surface area contributed by atoms with Crippen LogP contribution in [0.5, 0.6) is 0 Å². The smallest absolute Gasteiger partial charge is 0.257 e. The molecule has 0 aliphatic rings. The van der Waals surface area contributed by atoms with Crippen LogP contribution in [0.25, 0.3) is 0 Å². The topological polar surface area (TPSA) is 64.0 Å². The molecule has 1 atom stereocenters. The quantitative estimate of drug-likeness (QED) is 0.211. The van der Waals surface area contributed by atoms with Crippen LogP contribution < -0.4 is 10.9 Å². The Labute approximate surface area is 240 Å². The van der Waals surface area contributed by atoms with Crippen molar-refractivity contribution in [3.05, 3.63) is 90.8 Å². The van der Waals surface area contributed by atoms with Crippen molar-refractivity contribution in [2.75, 3.05) is 6.54 Å². The van der Waals surface area contributed by atoms with E-state index in [2.05, 4.69) is 50.4 Å². The molecule has 1 unspecified atom stereocenters. The van der Waals surface area contributed by atoms with Crippen molar-refractivity contribution >= 4 is 40.9 Å². The Balaban J connectivity index is 1.71. The van der Waals surface area contributed by atoms with Crippen LogP contribution in [-0.4, -0.2) is 27.3 Å². The minimum Gasteiger partial charge on any atom is -0.355 e. The van der Waals surface area contributed by atoms with Gasteiger partial charge in [0.15, 0.2) is 5.16 Å². The number of hydrogen-bond donors (Lipinski definition) is 1. The van der Waals surface area contributed by atoms with Crippen LogP contribution in [0.1, 0.15) is 68.5 Å². The summed E-state index contributed by atoms with van der Waals surface area (Å²) in [5, 5.41) is 4.39. The third kappa shape index (κ3) is 7.87. The highest BCUT2D eigenvalue weighted by atomic mass is 35.5. The van der Waals surface area contributed by atoms with Gasteiger partial charge in [0.25, 0.3) is 5.56 Å². The van der Waals surface area contributed by atoms with E-state index in [1.807, 2.05) is 19.9 Å². The van der Waals surface area contributed by atoms with Crippen LogP contribution in [0, 0.1) is 6.92 Å². The standard InChI is InChI=1S/C30H37Cl2N3O2S/c1-7-8-26(27(36)33-16-15-21-11-14-23(31)18-25(21)32)38-29-34-19(2)24(28(37)35(29)6)17-20-9-12-22(13-10-20)30(3,4)5/h9-14,18,26H,7-8,15-17H2,1-6H3,(H,33,36). The van der Waals surface area contributed by atoms with Gasteiger partial charge in [0.1, 0.15) is 0 Å². The summed E-state index contributed by atoms with van der Waals surface area (Å²) in [5.74, 6) is -0.0724. The fraction of sp³-hybridized carbons (Fsp3) is 0.433. The van der Waals surface area contributed by atoms with Gasteiger partial charge < -0.3 is 5.32 Å². The minimum atomic E-state index is -0.353. The molecule has 1 N–H and O–H groups in total. The molecule has 2 aromatic carbocycles. The summed E-state index contributed by atoms with van der Waals surface area (Å²) in [6, 6.07) is 13.8. The Hall–Kier alpha value is -2.28. The van der Waals surface area contributed by atoms with Crippen LogP contribution in [0.3, 0.4) is 0 Å². The number of thioether (sulfide) groups is 1. The van der Waals surface area contributed by atoms with Gasteiger partial charge in [-0.05, 0) is 54.0 Å². The normalized spacial score (nSPS) is 12.4. The van der Waals surface area contributed by atoms with Crippen molar-refractivity contribution in [3.63, 3.8) is 0 Å². The zero-order valence-corrected chi connectivity index (χ0v) is 25.4. The Bertz CT molecular complexity index is 1330. The lowest BCUT2D eigenvalue weighted by Gasteiger charge is -2.19. The van der Waals surface area contributed by atoms with E-state index in [9.17, 15) is 9.59 Å². The zero-order valence-electron chi connectivity index (χ0n) is 23.0. The van der Waals surface area contributed by atoms with Gasteiger partial charge in [0, 0.05) is 41.3 Å². The zero-order chi connectivity index (χ0) is 28.0. The molecule has 0 aliphatic carbocycles. The summed E-state index contributed by atoms with van der Waals surface area (Å²) < 4.78 is 1.57. The van der Waals surface area contributed by atoms with Crippen molar-refractivity contribution in [1.29, 1.82) is 0 Å². The van der Waals surface area contributed by atoms with Gasteiger partial charge in [-0.15, -0.1) is 0 Å². The van der Waals surface area contributed by atoms with E-state index in [1.165, 1.54) is 17.3 Å². The van der Waals surface area contributed by atoms with Crippen LogP contribution in [-0.2, 0) is 30.1 Å². The highest BCUT2D eigenvalue weighted by Crippen LogP contribution is 2.26. The minimum absolute atomic E-state index is 0.0724. The number of carbonyl (C=O) groups is 1. The van der Waals surface area contributed by atoms with Crippen LogP contribution in [0.15, 0.2) is 52.4 Å². The number of aryl methyl sites for hydroxylation is 1. The first-order chi connectivity index (χ1) is 17.9. The van der Waals surface area contributed by atoms with Gasteiger partial charge in [-0.2, -0.15) is 0 Å². The highest BCUT2D eigenvalue weighted by molar-refractivity contribution is 8.00. The molecule has 1 aromatic heterocycles. The van der Waals surface area contributed by atoms with Gasteiger partial charge in [-0.3, -0.25) is 14.2 Å². The van der Waals surface area contributed by atoms with E-state index in [0.717, 1.165) is 17.5 Å². The maximum Gasteiger partial charge on any atom is 0.257 e. The molecule has 0 bridgehead atoms. The number of aromatic nitrogens is 2. The fourth-order valence-corrected chi connectivity index (χ4v) is 5.89. The van der Waals surface area contributed by atoms with Gasteiger partial charge in [-0.1, -0.05) is 99.4 Å². The Morgan fingerprint density at radius 2 is 1.82 bits per heavy atom. The van der Waals surface area contributed by atoms with Gasteiger partial charge in [-0.25, -0.2) is 4.98 Å². The monoisotopic (exact) mass is 573 g/mol. The first-order valence-electron chi connectivity index (χ1n) is 12.9. The maximum atomic E-state index is 13.3. The molecule has 1 heterocycles. The molecule has 1 amide bonds. The predicted molar refractivity (Wildman–Crippen MR) is 160 cm³/mol. The number of nitrogens with zero attached hydrogens (tertiary/aromatic N) is 2. The number of carbonyl (C=O) groups excluding carboxylic acids is 1. The average Bonchev–Trinajstić information content (AvgIpc) is 2.85. The van der Waals surface area contributed by atoms with Crippen LogP contribution in [0.4, 0.5) is 0 Å². The maximum absolute atomic E-state index is 13.3. The summed E-state index contributed by atoms with van der Waals surface area (Å²) in [6.07, 6.45) is 2.64. The van der Waals surface area contributed by atoms with Gasteiger partial charge >= 0.3 is 0 Å². The van der Waals surface area contributed by atoms with Gasteiger partial charge in [0.05, 0.1) is 5.25 Å². The average molecular weight is 575 g/mol. The number of rotatable bonds is 10. The van der Waals surface area contributed by atoms with E-state index >= 15 is 0 Å². The molecule has 0 saturated carbocycles. The van der Waals surface area contributed by atoms with E-state index in [0.29, 0.717) is 52.3 Å². The Morgan fingerprint density at radius 3 is 2.42 bits per heavy atom. The number of amides is 1. The first kappa shape index (κ1) is 30.3. The fourth-order valence-electron chi connectivity index (χ4n) is 4.16. The van der Waals surface area contributed by atoms with Crippen LogP contribution >= 0.6 is 35.0 Å². The molecule has 3 aromatic rings. The summed E-state index contributed by atoms with van der Waals surface area (Å²) in [4.78, 5) is 31.1. The predicted octanol–water partition coefficient (Wildman–Crippen LogP) is 6.90. The van der Waals surface area contributed by atoms with Crippen molar-refractivity contribution in [2.45, 2.75) is 76.1 Å². The van der Waals surface area contributed by atoms with E-state index in [4.69, 9.17) is 28.2 Å². The lowest BCUT2D eigenvalue weighted by molar-refractivity contribution is -0.120. The Kier molecular flexibility index (Phi) is 10.5. The summed E-state index contributed by atoms with van der Waals surface area (Å²) in [5.41, 5.74) is 4.64. The number of nitrogens with one attached hydrogen (secondary N) is 1. The lowest BCUT2D eigenvalue weighted by atomic mass is 9.86. The molecule has 0 saturated heterocycles. The van der Waals surface area contributed by atoms with Gasteiger partial charge in [0.2, 0.25) is 5.91 Å². The Morgan fingerprint density at radius 1 is 1.13 bits per heavy atom. The van der Waals surface area contributed by atoms with E-state index < -0.39 is 0 Å². The molecule has 0 aliphatic heterocycles. The third-order valence-electron chi connectivity index (χ3n) is 6.55. The lowest BCUT2D eigenvalue weighted by Crippen LogP contribution is -2.35. The number of halogens is 2. The second-order valence-electron chi connectivity index (χ2n) is 10.6. The first-order valence-corrected chi connectivity index (χ1v) is 14.6. The molecular weight excluding hydrogens is 537 g/mol. The van der Waals surface area contributed by atoms with Crippen molar-refractivity contribution < 1.29 is 4.79 Å². The molecule has 5 nitrogen and oxygen atoms in total. The SMILES string of the molecule is CCCC(Sc1nc(C)c(Cc2ccc(C(C)(C)C)cc2)c(=O)n1C)C(=O)NCCc1ccc(Cl)cc1Cl. The molecule has 0 fully saturated rings. The van der Waals surface area contributed by atoms with Crippen LogP contribution in [0.2, 0.25) is 10.0 Å². The van der Waals surface area contributed by atoms with E-state index in [1.54, 1.807) is 23.7 Å². The van der Waals surface area contributed by atoms with E-state index in [-0.39, 0.29) is 22.1 Å². The third-order valence-corrected chi connectivity index (χ3v) is 8.45. The number of hydrogen-bond acceptors (Lipinski definition) is 4. The van der Waals surface area contributed by atoms with Crippen molar-refractivity contribution in [1.82, 2.24) is 14.9 Å². The van der Waals surface area contributed by atoms with Crippen molar-refractivity contribution in [2.24, 2.45) is 7.05 Å². The van der Waals surface area contributed by atoms with Crippen molar-refractivity contribution in [3.8, 4) is 0 Å². The molecule has 204 valence electrons. The second-order valence-corrected chi connectivity index (χ2v) is 12.6. The highest BCUT2D eigenvalue weighted by Gasteiger charge is 2.23. The molecule has 38 heavy (non-hydrogen) atoms. The molecule has 0 radical (unpaired) electrons. The summed E-state index contributed by atoms with van der Waals surface area (Å²) in [6.45, 7) is 10.9. The summed E-state index contributed by atoms with van der Waals surface area (Å²) in [7, 11) is 1.73. The molecule has 3 rings (SSSR count). The summed E-state index contributed by atoms with van der Waals surface area (Å²) >= 11 is 13.6. The molecule has 0 spiro atoms.